The van der Waals surface area contributed by atoms with Gasteiger partial charge in [-0.3, -0.25) is 34.6 Å². The molecule has 3 atom stereocenters. The SMILES string of the molecule is CC(C)C(=O)Nc1nc2c(ncn2[C@H]2C[C@H](O)[C@@H](COC(=O)c3ccc([N+](=O)[O-])cc3)O2)c(=O)[nH]1. The topological polar surface area (TPSA) is 192 Å². The third-order valence-corrected chi connectivity index (χ3v) is 5.41. The van der Waals surface area contributed by atoms with Crippen LogP contribution in [0.25, 0.3) is 11.2 Å². The average Bonchev–Trinajstić information content (AvgIpc) is 3.40. The number of nitrogens with zero attached hydrogens (tertiary/aromatic N) is 4. The first kappa shape index (κ1) is 24.0. The van der Waals surface area contributed by atoms with Crippen LogP contribution < -0.4 is 10.9 Å². The summed E-state index contributed by atoms with van der Waals surface area (Å²) in [5, 5.41) is 23.7. The molecule has 35 heavy (non-hydrogen) atoms. The number of benzene rings is 1. The molecule has 0 aliphatic carbocycles. The number of amides is 1. The molecule has 14 heteroatoms. The number of nitro benzene ring substituents is 1. The highest BCUT2D eigenvalue weighted by Crippen LogP contribution is 2.31. The number of fused-ring (bicyclic) bond motifs is 1. The number of non-ortho nitro benzene ring substituents is 1. The van der Waals surface area contributed by atoms with E-state index in [0.717, 1.165) is 0 Å². The molecule has 0 saturated carbocycles. The zero-order valence-corrected chi connectivity index (χ0v) is 18.7. The number of esters is 1. The number of nitro groups is 1. The molecule has 4 rings (SSSR count). The number of aliphatic hydroxyl groups is 1. The smallest absolute Gasteiger partial charge is 0.338 e. The number of hydrogen-bond acceptors (Lipinski definition) is 10. The molecule has 2 aromatic heterocycles. The van der Waals surface area contributed by atoms with Gasteiger partial charge in [0.25, 0.3) is 11.2 Å². The quantitative estimate of drug-likeness (QED) is 0.248. The molecule has 1 fully saturated rings. The van der Waals surface area contributed by atoms with Crippen molar-refractivity contribution in [1.29, 1.82) is 0 Å². The molecule has 1 aliphatic rings. The number of aromatic nitrogens is 4. The molecular formula is C21H22N6O8. The third kappa shape index (κ3) is 5.02. The molecule has 0 radical (unpaired) electrons. The fourth-order valence-corrected chi connectivity index (χ4v) is 3.45. The third-order valence-electron chi connectivity index (χ3n) is 5.41. The van der Waals surface area contributed by atoms with Crippen molar-refractivity contribution < 1.29 is 29.1 Å². The summed E-state index contributed by atoms with van der Waals surface area (Å²) in [6, 6.07) is 4.91. The largest absolute Gasteiger partial charge is 0.459 e. The first-order valence-electron chi connectivity index (χ1n) is 10.7. The van der Waals surface area contributed by atoms with Gasteiger partial charge in [-0.1, -0.05) is 13.8 Å². The number of carbonyl (C=O) groups is 2. The second-order valence-electron chi connectivity index (χ2n) is 8.22. The molecule has 1 aliphatic heterocycles. The summed E-state index contributed by atoms with van der Waals surface area (Å²) in [5.74, 6) is -1.44. The number of H-pyrrole nitrogens is 1. The summed E-state index contributed by atoms with van der Waals surface area (Å²) in [5.41, 5.74) is -0.433. The Labute approximate surface area is 197 Å². The lowest BCUT2D eigenvalue weighted by molar-refractivity contribution is -0.384. The van der Waals surface area contributed by atoms with Crippen LogP contribution in [0.2, 0.25) is 0 Å². The molecule has 1 amide bonds. The Bertz CT molecular complexity index is 1330. The van der Waals surface area contributed by atoms with Gasteiger partial charge in [0.15, 0.2) is 11.2 Å². The van der Waals surface area contributed by atoms with Gasteiger partial charge in [-0.05, 0) is 12.1 Å². The molecule has 3 aromatic rings. The van der Waals surface area contributed by atoms with Crippen molar-refractivity contribution >= 4 is 34.7 Å². The van der Waals surface area contributed by atoms with Crippen LogP contribution in [-0.4, -0.2) is 60.2 Å². The Hall–Kier alpha value is -4.17. The number of rotatable bonds is 7. The summed E-state index contributed by atoms with van der Waals surface area (Å²) >= 11 is 0. The summed E-state index contributed by atoms with van der Waals surface area (Å²) in [4.78, 5) is 57.5. The zero-order valence-electron chi connectivity index (χ0n) is 18.7. The molecule has 184 valence electrons. The van der Waals surface area contributed by atoms with Gasteiger partial charge in [0.2, 0.25) is 11.9 Å². The van der Waals surface area contributed by atoms with E-state index in [1.54, 1.807) is 13.8 Å². The van der Waals surface area contributed by atoms with Crippen LogP contribution in [0.15, 0.2) is 35.4 Å². The van der Waals surface area contributed by atoms with E-state index in [4.69, 9.17) is 9.47 Å². The van der Waals surface area contributed by atoms with E-state index in [2.05, 4.69) is 20.3 Å². The van der Waals surface area contributed by atoms with Gasteiger partial charge in [0.1, 0.15) is 18.9 Å². The van der Waals surface area contributed by atoms with Crippen molar-refractivity contribution in [3.05, 3.63) is 56.6 Å². The molecule has 1 saturated heterocycles. The molecular weight excluding hydrogens is 464 g/mol. The van der Waals surface area contributed by atoms with E-state index in [9.17, 15) is 29.6 Å². The fourth-order valence-electron chi connectivity index (χ4n) is 3.45. The van der Waals surface area contributed by atoms with Crippen LogP contribution >= 0.6 is 0 Å². The Balaban J connectivity index is 1.45. The number of aromatic amines is 1. The maximum atomic E-state index is 12.4. The Morgan fingerprint density at radius 2 is 2.09 bits per heavy atom. The van der Waals surface area contributed by atoms with Crippen molar-refractivity contribution in [2.75, 3.05) is 11.9 Å². The first-order valence-corrected chi connectivity index (χ1v) is 10.7. The molecule has 0 unspecified atom stereocenters. The Kier molecular flexibility index (Phi) is 6.57. The van der Waals surface area contributed by atoms with Crippen molar-refractivity contribution in [3.8, 4) is 0 Å². The summed E-state index contributed by atoms with van der Waals surface area (Å²) in [7, 11) is 0. The second kappa shape index (κ2) is 9.60. The van der Waals surface area contributed by atoms with Crippen LogP contribution in [0, 0.1) is 16.0 Å². The van der Waals surface area contributed by atoms with Crippen LogP contribution in [0.5, 0.6) is 0 Å². The van der Waals surface area contributed by atoms with Gasteiger partial charge in [0, 0.05) is 24.5 Å². The summed E-state index contributed by atoms with van der Waals surface area (Å²) in [6.45, 7) is 3.11. The fraction of sp³-hybridized carbons (Fsp3) is 0.381. The Morgan fingerprint density at radius 3 is 2.74 bits per heavy atom. The monoisotopic (exact) mass is 486 g/mol. The van der Waals surface area contributed by atoms with E-state index in [1.165, 1.54) is 35.2 Å². The van der Waals surface area contributed by atoms with E-state index in [-0.39, 0.29) is 53.2 Å². The first-order chi connectivity index (χ1) is 16.6. The Morgan fingerprint density at radius 1 is 1.37 bits per heavy atom. The average molecular weight is 486 g/mol. The molecule has 3 N–H and O–H groups in total. The highest BCUT2D eigenvalue weighted by molar-refractivity contribution is 5.91. The summed E-state index contributed by atoms with van der Waals surface area (Å²) < 4.78 is 12.5. The lowest BCUT2D eigenvalue weighted by Gasteiger charge is -2.16. The summed E-state index contributed by atoms with van der Waals surface area (Å²) in [6.07, 6.45) is -1.19. The van der Waals surface area contributed by atoms with Crippen molar-refractivity contribution in [3.63, 3.8) is 0 Å². The minimum absolute atomic E-state index is 0.0266. The molecule has 0 bridgehead atoms. The number of aliphatic hydroxyl groups excluding tert-OH is 1. The molecule has 1 aromatic carbocycles. The molecule has 3 heterocycles. The zero-order chi connectivity index (χ0) is 25.3. The van der Waals surface area contributed by atoms with E-state index >= 15 is 0 Å². The van der Waals surface area contributed by atoms with E-state index in [1.807, 2.05) is 0 Å². The van der Waals surface area contributed by atoms with Gasteiger partial charge in [-0.2, -0.15) is 4.98 Å². The van der Waals surface area contributed by atoms with Crippen molar-refractivity contribution in [2.45, 2.75) is 38.7 Å². The maximum absolute atomic E-state index is 12.4. The lowest BCUT2D eigenvalue weighted by Crippen LogP contribution is -2.28. The number of imidazole rings is 1. The molecule has 0 spiro atoms. The number of nitrogens with one attached hydrogen (secondary N) is 2. The standard InChI is InChI=1S/C21H22N6O8/c1-10(2)18(29)24-21-23-17-16(19(30)25-21)22-9-26(17)15-7-13(28)14(35-15)8-34-20(31)11-3-5-12(6-4-11)27(32)33/h3-6,9-10,13-15,28H,7-8H2,1-2H3,(H2,23,24,25,29,30)/t13-,14+,15+/m0/s1. The van der Waals surface area contributed by atoms with Crippen LogP contribution in [0.3, 0.4) is 0 Å². The predicted octanol–water partition coefficient (Wildman–Crippen LogP) is 1.13. The van der Waals surface area contributed by atoms with Crippen LogP contribution in [0.4, 0.5) is 11.6 Å². The lowest BCUT2D eigenvalue weighted by atomic mass is 10.2. The van der Waals surface area contributed by atoms with Crippen molar-refractivity contribution in [1.82, 2.24) is 19.5 Å². The number of anilines is 1. The van der Waals surface area contributed by atoms with Gasteiger partial charge in [-0.15, -0.1) is 0 Å². The van der Waals surface area contributed by atoms with Crippen LogP contribution in [-0.2, 0) is 14.3 Å². The number of hydrogen-bond donors (Lipinski definition) is 3. The normalized spacial score (nSPS) is 19.7. The minimum atomic E-state index is -0.996. The number of ether oxygens (including phenoxy) is 2. The van der Waals surface area contributed by atoms with Gasteiger partial charge in [0.05, 0.1) is 22.9 Å². The molecule has 14 nitrogen and oxygen atoms in total. The van der Waals surface area contributed by atoms with Gasteiger partial charge in [-0.25, -0.2) is 9.78 Å². The predicted molar refractivity (Wildman–Crippen MR) is 120 cm³/mol. The second-order valence-corrected chi connectivity index (χ2v) is 8.22. The van der Waals surface area contributed by atoms with E-state index in [0.29, 0.717) is 0 Å². The van der Waals surface area contributed by atoms with Gasteiger partial charge < -0.3 is 14.6 Å². The van der Waals surface area contributed by atoms with Crippen molar-refractivity contribution in [2.24, 2.45) is 5.92 Å². The van der Waals surface area contributed by atoms with E-state index < -0.39 is 34.9 Å². The maximum Gasteiger partial charge on any atom is 0.338 e. The van der Waals surface area contributed by atoms with Gasteiger partial charge >= 0.3 is 5.97 Å². The highest BCUT2D eigenvalue weighted by Gasteiger charge is 2.37. The van der Waals surface area contributed by atoms with Crippen LogP contribution in [0.1, 0.15) is 36.9 Å². The minimum Gasteiger partial charge on any atom is -0.459 e. The number of carbonyl (C=O) groups excluding carboxylic acids is 2. The highest BCUT2D eigenvalue weighted by atomic mass is 16.6.